The molecule has 6 nitrogen and oxygen atoms in total. The molecule has 0 amide bonds. The van der Waals surface area contributed by atoms with E-state index in [0.717, 1.165) is 15.2 Å². The Balaban J connectivity index is 2.38. The lowest BCUT2D eigenvalue weighted by Crippen LogP contribution is -2.13. The molecule has 0 aliphatic rings. The molecule has 0 spiro atoms. The number of hydrogen-bond acceptors (Lipinski definition) is 3. The number of aromatic carboxylic acids is 1. The number of hydrogen-bond donors (Lipinski definition) is 2. The molecule has 2 rings (SSSR count). The number of rotatable bonds is 4. The third-order valence-electron chi connectivity index (χ3n) is 2.94. The summed E-state index contributed by atoms with van der Waals surface area (Å²) in [4.78, 5) is 10.9. The number of benzene rings is 1. The van der Waals surface area contributed by atoms with Gasteiger partial charge in [-0.2, -0.15) is 0 Å². The van der Waals surface area contributed by atoms with Crippen molar-refractivity contribution in [3.8, 4) is 0 Å². The van der Waals surface area contributed by atoms with Crippen molar-refractivity contribution < 1.29 is 18.3 Å². The molecule has 2 aromatic rings. The number of aromatic nitrogens is 1. The molecule has 21 heavy (non-hydrogen) atoms. The zero-order valence-electron chi connectivity index (χ0n) is 11.3. The monoisotopic (exact) mass is 420 g/mol. The van der Waals surface area contributed by atoms with Crippen LogP contribution in [0.25, 0.3) is 0 Å². The number of carboxylic acids is 1. The lowest BCUT2D eigenvalue weighted by molar-refractivity contribution is 0.0686. The summed E-state index contributed by atoms with van der Waals surface area (Å²) >= 11 is 2.14. The predicted molar refractivity (Wildman–Crippen MR) is 87.1 cm³/mol. The van der Waals surface area contributed by atoms with Crippen LogP contribution in [0, 0.1) is 10.5 Å². The molecule has 1 aromatic carbocycles. The van der Waals surface area contributed by atoms with Crippen molar-refractivity contribution in [1.29, 1.82) is 0 Å². The minimum Gasteiger partial charge on any atom is -0.477 e. The Labute approximate surface area is 136 Å². The van der Waals surface area contributed by atoms with Crippen LogP contribution in [0.15, 0.2) is 35.4 Å². The molecule has 2 N–H and O–H groups in total. The summed E-state index contributed by atoms with van der Waals surface area (Å²) in [7, 11) is -2.34. The number of nitrogens with zero attached hydrogens (tertiary/aromatic N) is 1. The summed E-state index contributed by atoms with van der Waals surface area (Å²) in [5.41, 5.74) is 1.17. The van der Waals surface area contributed by atoms with E-state index in [1.165, 1.54) is 17.8 Å². The Kier molecular flexibility index (Phi) is 4.28. The van der Waals surface area contributed by atoms with E-state index in [9.17, 15) is 13.2 Å². The molecule has 0 saturated heterocycles. The summed E-state index contributed by atoms with van der Waals surface area (Å²) < 4.78 is 29.3. The average Bonchev–Trinajstić information content (AvgIpc) is 2.76. The standard InChI is InChI=1S/C13H13IN2O4S/c1-8-5-9(14)3-4-11(8)15-21(19,20)10-6-12(13(17)18)16(2)7-10/h3-7,15H,1-2H3,(H,17,18). The molecule has 0 saturated carbocycles. The Morgan fingerprint density at radius 2 is 2.00 bits per heavy atom. The highest BCUT2D eigenvalue weighted by atomic mass is 127. The molecule has 112 valence electrons. The van der Waals surface area contributed by atoms with Crippen LogP contribution in [0.1, 0.15) is 16.1 Å². The van der Waals surface area contributed by atoms with Gasteiger partial charge in [0.1, 0.15) is 10.6 Å². The van der Waals surface area contributed by atoms with E-state index >= 15 is 0 Å². The number of carboxylic acid groups (broad SMARTS) is 1. The third-order valence-corrected chi connectivity index (χ3v) is 4.95. The van der Waals surface area contributed by atoms with E-state index in [-0.39, 0.29) is 10.6 Å². The van der Waals surface area contributed by atoms with Gasteiger partial charge >= 0.3 is 5.97 Å². The summed E-state index contributed by atoms with van der Waals surface area (Å²) in [5.74, 6) is -1.18. The topological polar surface area (TPSA) is 88.4 Å². The second-order valence-corrected chi connectivity index (χ2v) is 7.47. The predicted octanol–water partition coefficient (Wildman–Crippen LogP) is 2.44. The van der Waals surface area contributed by atoms with E-state index in [1.54, 1.807) is 19.1 Å². The number of sulfonamides is 1. The summed E-state index contributed by atoms with van der Waals surface area (Å²) in [6, 6.07) is 6.45. The molecule has 0 aliphatic carbocycles. The highest BCUT2D eigenvalue weighted by Gasteiger charge is 2.20. The smallest absolute Gasteiger partial charge is 0.352 e. The fraction of sp³-hybridized carbons (Fsp3) is 0.154. The highest BCUT2D eigenvalue weighted by molar-refractivity contribution is 14.1. The van der Waals surface area contributed by atoms with Crippen LogP contribution in [0.4, 0.5) is 5.69 Å². The fourth-order valence-corrected chi connectivity index (χ4v) is 3.69. The first-order valence-corrected chi connectivity index (χ1v) is 8.45. The van der Waals surface area contributed by atoms with Crippen LogP contribution in [0.5, 0.6) is 0 Å². The molecular formula is C13H13IN2O4S. The van der Waals surface area contributed by atoms with Crippen LogP contribution < -0.4 is 4.72 Å². The summed E-state index contributed by atoms with van der Waals surface area (Å²) in [5, 5.41) is 8.97. The zero-order valence-corrected chi connectivity index (χ0v) is 14.3. The molecule has 0 atom stereocenters. The van der Waals surface area contributed by atoms with Crippen LogP contribution >= 0.6 is 22.6 Å². The molecule has 1 heterocycles. The van der Waals surface area contributed by atoms with Gasteiger partial charge in [0.2, 0.25) is 0 Å². The van der Waals surface area contributed by atoms with E-state index in [4.69, 9.17) is 5.11 Å². The highest BCUT2D eigenvalue weighted by Crippen LogP contribution is 2.22. The average molecular weight is 420 g/mol. The van der Waals surface area contributed by atoms with Crippen molar-refractivity contribution in [1.82, 2.24) is 4.57 Å². The minimum atomic E-state index is -3.82. The van der Waals surface area contributed by atoms with Crippen LogP contribution in [0.2, 0.25) is 0 Å². The van der Waals surface area contributed by atoms with Gasteiger partial charge in [-0.05, 0) is 59.3 Å². The van der Waals surface area contributed by atoms with Gasteiger partial charge in [-0.15, -0.1) is 0 Å². The Hall–Kier alpha value is -1.55. The molecule has 0 fully saturated rings. The van der Waals surface area contributed by atoms with E-state index in [1.807, 2.05) is 6.07 Å². The fourth-order valence-electron chi connectivity index (χ4n) is 1.84. The maximum Gasteiger partial charge on any atom is 0.352 e. The normalized spacial score (nSPS) is 11.4. The first kappa shape index (κ1) is 15.8. The Morgan fingerprint density at radius 3 is 2.52 bits per heavy atom. The van der Waals surface area contributed by atoms with Crippen LogP contribution in [-0.4, -0.2) is 24.1 Å². The molecule has 1 aromatic heterocycles. The lowest BCUT2D eigenvalue weighted by atomic mass is 10.2. The second kappa shape index (κ2) is 5.68. The van der Waals surface area contributed by atoms with Gasteiger partial charge in [0, 0.05) is 16.8 Å². The summed E-state index contributed by atoms with van der Waals surface area (Å²) in [6.07, 6.45) is 1.27. The lowest BCUT2D eigenvalue weighted by Gasteiger charge is -2.09. The van der Waals surface area contributed by atoms with Crippen LogP contribution in [-0.2, 0) is 17.1 Å². The third kappa shape index (κ3) is 3.38. The molecule has 0 bridgehead atoms. The molecule has 0 aliphatic heterocycles. The number of nitrogens with one attached hydrogen (secondary N) is 1. The quantitative estimate of drug-likeness (QED) is 0.744. The van der Waals surface area contributed by atoms with Gasteiger partial charge in [-0.1, -0.05) is 0 Å². The van der Waals surface area contributed by atoms with Crippen LogP contribution in [0.3, 0.4) is 0 Å². The maximum absolute atomic E-state index is 12.3. The van der Waals surface area contributed by atoms with E-state index in [0.29, 0.717) is 5.69 Å². The van der Waals surface area contributed by atoms with Gasteiger partial charge in [0.25, 0.3) is 10.0 Å². The van der Waals surface area contributed by atoms with Gasteiger partial charge in [-0.3, -0.25) is 4.72 Å². The minimum absolute atomic E-state index is 0.0830. The first-order chi connectivity index (χ1) is 9.70. The largest absolute Gasteiger partial charge is 0.477 e. The molecular weight excluding hydrogens is 407 g/mol. The van der Waals surface area contributed by atoms with Crippen molar-refractivity contribution in [2.75, 3.05) is 4.72 Å². The van der Waals surface area contributed by atoms with Crippen molar-refractivity contribution in [2.45, 2.75) is 11.8 Å². The molecule has 0 unspecified atom stereocenters. The van der Waals surface area contributed by atoms with Gasteiger partial charge in [0.05, 0.1) is 5.69 Å². The van der Waals surface area contributed by atoms with Crippen molar-refractivity contribution in [3.05, 3.63) is 45.3 Å². The van der Waals surface area contributed by atoms with Crippen molar-refractivity contribution in [2.24, 2.45) is 7.05 Å². The second-order valence-electron chi connectivity index (χ2n) is 4.54. The Morgan fingerprint density at radius 1 is 1.33 bits per heavy atom. The van der Waals surface area contributed by atoms with E-state index < -0.39 is 16.0 Å². The molecule has 0 radical (unpaired) electrons. The van der Waals surface area contributed by atoms with Gasteiger partial charge < -0.3 is 9.67 Å². The maximum atomic E-state index is 12.3. The number of halogens is 1. The van der Waals surface area contributed by atoms with Crippen molar-refractivity contribution in [3.63, 3.8) is 0 Å². The van der Waals surface area contributed by atoms with Crippen molar-refractivity contribution >= 4 is 44.3 Å². The number of aryl methyl sites for hydroxylation is 2. The zero-order chi connectivity index (χ0) is 15.8. The van der Waals surface area contributed by atoms with Gasteiger partial charge in [-0.25, -0.2) is 13.2 Å². The van der Waals surface area contributed by atoms with Gasteiger partial charge in [0.15, 0.2) is 0 Å². The molecule has 8 heteroatoms. The number of carbonyl (C=O) groups is 1. The van der Waals surface area contributed by atoms with E-state index in [2.05, 4.69) is 27.3 Å². The number of anilines is 1. The first-order valence-electron chi connectivity index (χ1n) is 5.89. The summed E-state index contributed by atoms with van der Waals surface area (Å²) in [6.45, 7) is 1.80. The SMILES string of the molecule is Cc1cc(I)ccc1NS(=O)(=O)c1cc(C(=O)O)n(C)c1. The Bertz CT molecular complexity index is 812.